The van der Waals surface area contributed by atoms with Crippen molar-refractivity contribution in [3.63, 3.8) is 0 Å². The number of fused-ring (bicyclic) bond motifs is 1. The molecule has 1 heterocycles. The van der Waals surface area contributed by atoms with E-state index in [9.17, 15) is 9.59 Å². The molecule has 114 valence electrons. The molecule has 4 heteroatoms. The molecule has 1 aliphatic rings. The third-order valence-corrected chi connectivity index (χ3v) is 4.04. The van der Waals surface area contributed by atoms with Crippen molar-refractivity contribution >= 4 is 17.5 Å². The van der Waals surface area contributed by atoms with Gasteiger partial charge in [0.25, 0.3) is 5.91 Å². The Bertz CT molecular complexity index is 566. The van der Waals surface area contributed by atoms with E-state index in [1.165, 1.54) is 6.92 Å². The van der Waals surface area contributed by atoms with Crippen molar-refractivity contribution in [1.82, 2.24) is 5.32 Å². The van der Waals surface area contributed by atoms with Gasteiger partial charge in [0, 0.05) is 19.0 Å². The Kier molecular flexibility index (Phi) is 4.66. The normalized spacial score (nSPS) is 17.0. The highest BCUT2D eigenvalue weighted by atomic mass is 16.2. The van der Waals surface area contributed by atoms with Gasteiger partial charge in [0.15, 0.2) is 0 Å². The van der Waals surface area contributed by atoms with Crippen LogP contribution in [0.2, 0.25) is 0 Å². The Labute approximate surface area is 126 Å². The zero-order valence-corrected chi connectivity index (χ0v) is 13.3. The highest BCUT2D eigenvalue weighted by molar-refractivity contribution is 6.07. The molecular weight excluding hydrogens is 264 g/mol. The Morgan fingerprint density at radius 1 is 1.24 bits per heavy atom. The van der Waals surface area contributed by atoms with E-state index in [4.69, 9.17) is 0 Å². The van der Waals surface area contributed by atoms with Crippen molar-refractivity contribution in [2.75, 3.05) is 11.4 Å². The van der Waals surface area contributed by atoms with Crippen molar-refractivity contribution in [2.45, 2.75) is 53.0 Å². The smallest absolute Gasteiger partial charge is 0.254 e. The van der Waals surface area contributed by atoms with E-state index in [1.807, 2.05) is 30.9 Å². The van der Waals surface area contributed by atoms with Gasteiger partial charge in [0.1, 0.15) is 6.04 Å². The first-order valence-corrected chi connectivity index (χ1v) is 7.66. The summed E-state index contributed by atoms with van der Waals surface area (Å²) < 4.78 is 0. The van der Waals surface area contributed by atoms with Crippen LogP contribution in [0.5, 0.6) is 0 Å². The Morgan fingerprint density at radius 3 is 2.52 bits per heavy atom. The fraction of sp³-hybridized carbons (Fsp3) is 0.529. The summed E-state index contributed by atoms with van der Waals surface area (Å²) in [5, 5.41) is 2.81. The van der Waals surface area contributed by atoms with Crippen LogP contribution in [0.3, 0.4) is 0 Å². The number of benzene rings is 1. The molecule has 4 nitrogen and oxygen atoms in total. The average molecular weight is 288 g/mol. The first-order chi connectivity index (χ1) is 9.97. The number of anilines is 1. The summed E-state index contributed by atoms with van der Waals surface area (Å²) in [6.07, 6.45) is 3.22. The maximum atomic E-state index is 12.7. The number of nitrogens with one attached hydrogen (secondary N) is 1. The third kappa shape index (κ3) is 2.94. The summed E-state index contributed by atoms with van der Waals surface area (Å²) in [5.74, 6) is -0.177. The third-order valence-electron chi connectivity index (χ3n) is 4.04. The van der Waals surface area contributed by atoms with Gasteiger partial charge in [-0.1, -0.05) is 31.9 Å². The molecule has 0 spiro atoms. The number of carbonyl (C=O) groups is 2. The monoisotopic (exact) mass is 288 g/mol. The van der Waals surface area contributed by atoms with E-state index in [-0.39, 0.29) is 11.8 Å². The van der Waals surface area contributed by atoms with Gasteiger partial charge in [-0.15, -0.1) is 0 Å². The van der Waals surface area contributed by atoms with Gasteiger partial charge in [-0.2, -0.15) is 0 Å². The van der Waals surface area contributed by atoms with E-state index in [2.05, 4.69) is 12.2 Å². The van der Waals surface area contributed by atoms with Gasteiger partial charge < -0.3 is 10.2 Å². The van der Waals surface area contributed by atoms with Gasteiger partial charge in [0.05, 0.1) is 5.69 Å². The number of hydrogen-bond acceptors (Lipinski definition) is 2. The standard InChI is InChI=1S/C17H24N2O2/c1-5-6-7-10-19-16-12(3)9-8-11(2)14(16)15(17(19)21)18-13(4)20/h8-9,15H,5-7,10H2,1-4H3,(H,18,20)/t15-/m1/s1. The summed E-state index contributed by atoms with van der Waals surface area (Å²) in [4.78, 5) is 26.0. The minimum atomic E-state index is -0.529. The van der Waals surface area contributed by atoms with E-state index in [0.717, 1.165) is 48.2 Å². The molecular formula is C17H24N2O2. The van der Waals surface area contributed by atoms with Gasteiger partial charge in [-0.05, 0) is 31.4 Å². The minimum Gasteiger partial charge on any atom is -0.341 e. The molecule has 0 saturated heterocycles. The largest absolute Gasteiger partial charge is 0.341 e. The molecule has 0 bridgehead atoms. The van der Waals surface area contributed by atoms with Crippen molar-refractivity contribution in [3.05, 3.63) is 28.8 Å². The highest BCUT2D eigenvalue weighted by Gasteiger charge is 2.39. The van der Waals surface area contributed by atoms with Crippen molar-refractivity contribution < 1.29 is 9.59 Å². The molecule has 1 atom stereocenters. The minimum absolute atomic E-state index is 0.00583. The second-order valence-corrected chi connectivity index (χ2v) is 5.79. The molecule has 0 unspecified atom stereocenters. The number of unbranched alkanes of at least 4 members (excludes halogenated alkanes) is 2. The second-order valence-electron chi connectivity index (χ2n) is 5.79. The lowest BCUT2D eigenvalue weighted by Gasteiger charge is -2.19. The van der Waals surface area contributed by atoms with Crippen LogP contribution < -0.4 is 10.2 Å². The maximum absolute atomic E-state index is 12.7. The van der Waals surface area contributed by atoms with E-state index in [0.29, 0.717) is 0 Å². The second kappa shape index (κ2) is 6.29. The molecule has 1 aromatic carbocycles. The van der Waals surface area contributed by atoms with Crippen LogP contribution in [0.15, 0.2) is 12.1 Å². The van der Waals surface area contributed by atoms with Crippen LogP contribution in [-0.2, 0) is 9.59 Å². The Hall–Kier alpha value is -1.84. The number of aryl methyl sites for hydroxylation is 2. The van der Waals surface area contributed by atoms with E-state index >= 15 is 0 Å². The van der Waals surface area contributed by atoms with Crippen molar-refractivity contribution in [1.29, 1.82) is 0 Å². The summed E-state index contributed by atoms with van der Waals surface area (Å²) in [6.45, 7) is 8.34. The molecule has 0 fully saturated rings. The SMILES string of the molecule is CCCCCN1C(=O)[C@H](NC(C)=O)c2c(C)ccc(C)c21. The molecule has 1 aromatic rings. The molecule has 21 heavy (non-hydrogen) atoms. The summed E-state index contributed by atoms with van der Waals surface area (Å²) in [5.41, 5.74) is 4.11. The molecule has 0 aliphatic carbocycles. The number of hydrogen-bond donors (Lipinski definition) is 1. The number of nitrogens with zero attached hydrogens (tertiary/aromatic N) is 1. The molecule has 0 radical (unpaired) electrons. The molecule has 1 N–H and O–H groups in total. The van der Waals surface area contributed by atoms with Crippen LogP contribution in [0.4, 0.5) is 5.69 Å². The van der Waals surface area contributed by atoms with Gasteiger partial charge in [0.2, 0.25) is 5.91 Å². The number of amides is 2. The van der Waals surface area contributed by atoms with Gasteiger partial charge in [-0.25, -0.2) is 0 Å². The highest BCUT2D eigenvalue weighted by Crippen LogP contribution is 2.40. The molecule has 1 aliphatic heterocycles. The lowest BCUT2D eigenvalue weighted by atomic mass is 9.99. The van der Waals surface area contributed by atoms with Crippen molar-refractivity contribution in [3.8, 4) is 0 Å². The number of rotatable bonds is 5. The van der Waals surface area contributed by atoms with Crippen LogP contribution in [0.25, 0.3) is 0 Å². The lowest BCUT2D eigenvalue weighted by Crippen LogP contribution is -2.37. The predicted octanol–water partition coefficient (Wildman–Crippen LogP) is 3.02. The average Bonchev–Trinajstić information content (AvgIpc) is 2.69. The topological polar surface area (TPSA) is 49.4 Å². The van der Waals surface area contributed by atoms with Crippen LogP contribution in [0.1, 0.15) is 55.8 Å². The van der Waals surface area contributed by atoms with Gasteiger partial charge in [-0.3, -0.25) is 9.59 Å². The summed E-state index contributed by atoms with van der Waals surface area (Å²) in [6, 6.07) is 3.54. The number of carbonyl (C=O) groups excluding carboxylic acids is 2. The van der Waals surface area contributed by atoms with E-state index in [1.54, 1.807) is 0 Å². The van der Waals surface area contributed by atoms with Gasteiger partial charge >= 0.3 is 0 Å². The Balaban J connectivity index is 2.41. The van der Waals surface area contributed by atoms with E-state index < -0.39 is 6.04 Å². The molecule has 0 saturated carbocycles. The summed E-state index contributed by atoms with van der Waals surface area (Å²) >= 11 is 0. The Morgan fingerprint density at radius 2 is 1.90 bits per heavy atom. The zero-order valence-electron chi connectivity index (χ0n) is 13.3. The molecule has 2 rings (SSSR count). The summed E-state index contributed by atoms with van der Waals surface area (Å²) in [7, 11) is 0. The first kappa shape index (κ1) is 15.5. The lowest BCUT2D eigenvalue weighted by molar-refractivity contribution is -0.126. The van der Waals surface area contributed by atoms with Crippen LogP contribution >= 0.6 is 0 Å². The van der Waals surface area contributed by atoms with Crippen LogP contribution in [-0.4, -0.2) is 18.4 Å². The molecule has 2 amide bonds. The first-order valence-electron chi connectivity index (χ1n) is 7.66. The molecule has 0 aromatic heterocycles. The quantitative estimate of drug-likeness (QED) is 0.847. The fourth-order valence-corrected chi connectivity index (χ4v) is 3.01. The zero-order chi connectivity index (χ0) is 15.6. The maximum Gasteiger partial charge on any atom is 0.254 e. The predicted molar refractivity (Wildman–Crippen MR) is 84.4 cm³/mol. The fourth-order valence-electron chi connectivity index (χ4n) is 3.01. The van der Waals surface area contributed by atoms with Crippen LogP contribution in [0, 0.1) is 13.8 Å². The van der Waals surface area contributed by atoms with Crippen molar-refractivity contribution in [2.24, 2.45) is 0 Å².